The molecule has 0 N–H and O–H groups in total. The highest BCUT2D eigenvalue weighted by atomic mass is 16.7. The summed E-state index contributed by atoms with van der Waals surface area (Å²) in [7, 11) is 1.69. The zero-order valence-corrected chi connectivity index (χ0v) is 15.3. The van der Waals surface area contributed by atoms with Gasteiger partial charge < -0.3 is 9.47 Å². The highest BCUT2D eigenvalue weighted by Crippen LogP contribution is 2.75. The molecule has 132 valence electrons. The van der Waals surface area contributed by atoms with Crippen LogP contribution in [0.15, 0.2) is 12.2 Å². The van der Waals surface area contributed by atoms with E-state index in [1.807, 2.05) is 0 Å². The average Bonchev–Trinajstić information content (AvgIpc) is 2.89. The van der Waals surface area contributed by atoms with Crippen molar-refractivity contribution in [3.05, 3.63) is 12.2 Å². The van der Waals surface area contributed by atoms with Gasteiger partial charge in [0.15, 0.2) is 5.78 Å². The van der Waals surface area contributed by atoms with Crippen LogP contribution in [0.3, 0.4) is 0 Å². The number of methoxy groups -OCH3 is 1. The van der Waals surface area contributed by atoms with E-state index in [1.54, 1.807) is 7.11 Å². The third-order valence-electron chi connectivity index (χ3n) is 8.93. The van der Waals surface area contributed by atoms with E-state index in [2.05, 4.69) is 20.4 Å². The molecular weight excluding hydrogens is 300 g/mol. The van der Waals surface area contributed by atoms with Crippen LogP contribution in [-0.2, 0) is 14.3 Å². The minimum atomic E-state index is -1.01. The van der Waals surface area contributed by atoms with Crippen molar-refractivity contribution >= 4 is 5.78 Å². The fraction of sp³-hybridized carbons (Fsp3) is 0.857. The van der Waals surface area contributed by atoms with Crippen molar-refractivity contribution in [3.63, 3.8) is 0 Å². The maximum absolute atomic E-state index is 13.9. The molecule has 0 aromatic rings. The fourth-order valence-corrected chi connectivity index (χ4v) is 8.17. The lowest BCUT2D eigenvalue weighted by molar-refractivity contribution is -0.278. The van der Waals surface area contributed by atoms with Crippen LogP contribution >= 0.6 is 0 Å². The van der Waals surface area contributed by atoms with E-state index in [0.29, 0.717) is 18.4 Å². The van der Waals surface area contributed by atoms with Crippen molar-refractivity contribution in [2.45, 2.75) is 64.6 Å². The smallest absolute Gasteiger partial charge is 0.233 e. The van der Waals surface area contributed by atoms with Crippen LogP contribution < -0.4 is 0 Å². The third kappa shape index (κ3) is 1.44. The molecule has 5 aliphatic carbocycles. The number of allylic oxidation sites excluding steroid dienone is 1. The van der Waals surface area contributed by atoms with Crippen LogP contribution in [0.2, 0.25) is 0 Å². The first kappa shape index (κ1) is 15.6. The number of carbonyl (C=O) groups is 1. The summed E-state index contributed by atoms with van der Waals surface area (Å²) in [6.07, 6.45) is 7.77. The molecule has 5 saturated carbocycles. The van der Waals surface area contributed by atoms with Crippen molar-refractivity contribution in [2.24, 2.45) is 34.0 Å². The van der Waals surface area contributed by atoms with Gasteiger partial charge in [-0.25, -0.2) is 0 Å². The van der Waals surface area contributed by atoms with E-state index in [1.165, 1.54) is 18.4 Å². The molecule has 6 aliphatic rings. The predicted octanol–water partition coefficient (Wildman–Crippen LogP) is 4.12. The summed E-state index contributed by atoms with van der Waals surface area (Å²) in [6.45, 7) is 9.79. The van der Waals surface area contributed by atoms with Crippen molar-refractivity contribution < 1.29 is 14.3 Å². The van der Waals surface area contributed by atoms with Crippen LogP contribution in [0.1, 0.15) is 58.8 Å². The van der Waals surface area contributed by atoms with E-state index in [9.17, 15) is 4.79 Å². The second kappa shape index (κ2) is 4.35. The highest BCUT2D eigenvalue weighted by Gasteiger charge is 2.78. The van der Waals surface area contributed by atoms with E-state index >= 15 is 0 Å². The lowest BCUT2D eigenvalue weighted by Crippen LogP contribution is -2.72. The molecule has 1 spiro atoms. The van der Waals surface area contributed by atoms with Crippen LogP contribution in [0.5, 0.6) is 0 Å². The van der Waals surface area contributed by atoms with Gasteiger partial charge in [0.1, 0.15) is 0 Å². The highest BCUT2D eigenvalue weighted by molar-refractivity contribution is 5.94. The molecule has 0 aromatic heterocycles. The van der Waals surface area contributed by atoms with Crippen LogP contribution in [0.25, 0.3) is 0 Å². The van der Waals surface area contributed by atoms with Crippen molar-refractivity contribution in [2.75, 3.05) is 13.7 Å². The number of hydrogen-bond acceptors (Lipinski definition) is 3. The zero-order valence-electron chi connectivity index (χ0n) is 15.3. The number of fused-ring (bicyclic) bond motifs is 2. The molecule has 3 nitrogen and oxygen atoms in total. The van der Waals surface area contributed by atoms with E-state index < -0.39 is 5.79 Å². The molecule has 6 rings (SSSR count). The summed E-state index contributed by atoms with van der Waals surface area (Å²) in [4.78, 5) is 13.9. The molecule has 24 heavy (non-hydrogen) atoms. The topological polar surface area (TPSA) is 35.5 Å². The van der Waals surface area contributed by atoms with Crippen molar-refractivity contribution in [1.29, 1.82) is 0 Å². The summed E-state index contributed by atoms with van der Waals surface area (Å²) in [5.74, 6) is 0.565. The molecule has 3 heteroatoms. The maximum Gasteiger partial charge on any atom is 0.233 e. The maximum atomic E-state index is 13.9. The summed E-state index contributed by atoms with van der Waals surface area (Å²) < 4.78 is 12.3. The van der Waals surface area contributed by atoms with E-state index in [4.69, 9.17) is 9.47 Å². The van der Waals surface area contributed by atoms with Gasteiger partial charge >= 0.3 is 0 Å². The number of ketones is 1. The lowest BCUT2D eigenvalue weighted by atomic mass is 9.36. The third-order valence-corrected chi connectivity index (χ3v) is 8.93. The zero-order chi connectivity index (χ0) is 17.0. The molecule has 2 bridgehead atoms. The Labute approximate surface area is 145 Å². The Balaban J connectivity index is 1.74. The molecule has 6 fully saturated rings. The Morgan fingerprint density at radius 2 is 2.04 bits per heavy atom. The first-order chi connectivity index (χ1) is 11.3. The Kier molecular flexibility index (Phi) is 2.82. The normalized spacial score (nSPS) is 58.5. The summed E-state index contributed by atoms with van der Waals surface area (Å²) >= 11 is 0. The molecule has 0 unspecified atom stereocenters. The molecule has 0 radical (unpaired) electrons. The van der Waals surface area contributed by atoms with Gasteiger partial charge in [0, 0.05) is 23.9 Å². The van der Waals surface area contributed by atoms with E-state index in [-0.39, 0.29) is 27.9 Å². The summed E-state index contributed by atoms with van der Waals surface area (Å²) in [5, 5.41) is 0. The van der Waals surface area contributed by atoms with Gasteiger partial charge in [-0.2, -0.15) is 0 Å². The summed E-state index contributed by atoms with van der Waals surface area (Å²) in [5.41, 5.74) is 1.24. The van der Waals surface area contributed by atoms with Crippen LogP contribution in [-0.4, -0.2) is 25.3 Å². The van der Waals surface area contributed by atoms with Crippen molar-refractivity contribution in [1.82, 2.24) is 0 Å². The first-order valence-corrected chi connectivity index (χ1v) is 9.74. The monoisotopic (exact) mass is 330 g/mol. The first-order valence-electron chi connectivity index (χ1n) is 9.74. The van der Waals surface area contributed by atoms with Gasteiger partial charge in [-0.3, -0.25) is 4.79 Å². The number of rotatable bonds is 1. The van der Waals surface area contributed by atoms with Crippen molar-refractivity contribution in [3.8, 4) is 0 Å². The molecule has 1 heterocycles. The van der Waals surface area contributed by atoms with Gasteiger partial charge in [-0.05, 0) is 55.8 Å². The second-order valence-electron chi connectivity index (χ2n) is 9.95. The van der Waals surface area contributed by atoms with Gasteiger partial charge in [-0.15, -0.1) is 0 Å². The fourth-order valence-electron chi connectivity index (χ4n) is 8.17. The SMILES string of the molecule is C=C1C[C@]23CC[C@@H]1C[C@H]2[C@]1(C)CCC[C@@]2(C)CO[C@@](OC)(C3=O)[C@H]21. The lowest BCUT2D eigenvalue weighted by Gasteiger charge is -2.68. The largest absolute Gasteiger partial charge is 0.347 e. The predicted molar refractivity (Wildman–Crippen MR) is 91.3 cm³/mol. The Morgan fingerprint density at radius 1 is 1.25 bits per heavy atom. The molecule has 1 aliphatic heterocycles. The quantitative estimate of drug-likeness (QED) is 0.679. The van der Waals surface area contributed by atoms with Gasteiger partial charge in [0.05, 0.1) is 6.61 Å². The molecule has 1 saturated heterocycles. The molecule has 0 amide bonds. The minimum absolute atomic E-state index is 0.0774. The van der Waals surface area contributed by atoms with Gasteiger partial charge in [0.25, 0.3) is 0 Å². The Morgan fingerprint density at radius 3 is 2.75 bits per heavy atom. The Bertz CT molecular complexity index is 641. The number of ether oxygens (including phenoxy) is 2. The standard InChI is InChI=1S/C21H30O3/c1-13-11-20-9-6-14(13)10-15(20)19(3)8-5-7-18(2)12-24-21(23-4,16(18)19)17(20)22/h14-16H,1,5-12H2,2-4H3/t14-,15+,16-,18+,19+,20-,21-/m1/s1. The minimum Gasteiger partial charge on any atom is -0.347 e. The second-order valence-corrected chi connectivity index (χ2v) is 9.95. The summed E-state index contributed by atoms with van der Waals surface area (Å²) in [6, 6.07) is 0. The van der Waals surface area contributed by atoms with Gasteiger partial charge in [0.2, 0.25) is 5.79 Å². The molecular formula is C21H30O3. The average molecular weight is 330 g/mol. The number of carbonyl (C=O) groups excluding carboxylic acids is 1. The number of Topliss-reactive ketones (excluding diaryl/α,β-unsaturated/α-hetero) is 1. The molecule has 0 aromatic carbocycles. The van der Waals surface area contributed by atoms with Gasteiger partial charge in [-0.1, -0.05) is 32.4 Å². The number of hydrogen-bond donors (Lipinski definition) is 0. The van der Waals surface area contributed by atoms with Crippen LogP contribution in [0.4, 0.5) is 0 Å². The molecule has 7 atom stereocenters. The Hall–Kier alpha value is -0.670. The van der Waals surface area contributed by atoms with E-state index in [0.717, 1.165) is 32.1 Å². The van der Waals surface area contributed by atoms with Crippen LogP contribution in [0, 0.1) is 34.0 Å².